The maximum Gasteiger partial charge on any atom is 0.143 e. The van der Waals surface area contributed by atoms with E-state index in [9.17, 15) is 10.2 Å². The van der Waals surface area contributed by atoms with E-state index in [4.69, 9.17) is 11.5 Å². The molecule has 8 aliphatic rings. The summed E-state index contributed by atoms with van der Waals surface area (Å²) < 4.78 is 0. The molecule has 2 aromatic carbocycles. The Hall–Kier alpha value is -3.24. The molecule has 0 saturated heterocycles. The summed E-state index contributed by atoms with van der Waals surface area (Å²) in [5.41, 5.74) is 18.4. The molecule has 0 amide bonds. The molecular weight excluding hydrogens is 540 g/mol. The molecule has 4 unspecified atom stereocenters. The first-order valence-corrected chi connectivity index (χ1v) is 16.9. The molecule has 0 spiro atoms. The molecular formula is C40H48N2O2. The van der Waals surface area contributed by atoms with E-state index >= 15 is 0 Å². The lowest BCUT2D eigenvalue weighted by molar-refractivity contribution is -0.110. The molecule has 0 aliphatic heterocycles. The van der Waals surface area contributed by atoms with Crippen molar-refractivity contribution >= 4 is 11.4 Å². The lowest BCUT2D eigenvalue weighted by Gasteiger charge is -2.65. The normalized spacial score (nSPS) is 42.5. The summed E-state index contributed by atoms with van der Waals surface area (Å²) in [5.74, 6) is 14.2. The van der Waals surface area contributed by atoms with Crippen molar-refractivity contribution in [2.45, 2.75) is 116 Å². The van der Waals surface area contributed by atoms with Gasteiger partial charge in [-0.1, -0.05) is 45.6 Å². The van der Waals surface area contributed by atoms with E-state index in [0.717, 1.165) is 61.1 Å². The quantitative estimate of drug-likeness (QED) is 0.162. The fraction of sp³-hybridized carbons (Fsp3) is 0.600. The second kappa shape index (κ2) is 8.72. The third-order valence-electron chi connectivity index (χ3n) is 13.2. The molecule has 8 bridgehead atoms. The molecule has 6 N–H and O–H groups in total. The highest BCUT2D eigenvalue weighted by molar-refractivity contribution is 5.69. The van der Waals surface area contributed by atoms with Crippen LogP contribution in [0.25, 0.3) is 0 Å². The van der Waals surface area contributed by atoms with Crippen molar-refractivity contribution in [3.63, 3.8) is 0 Å². The van der Waals surface area contributed by atoms with Crippen molar-refractivity contribution < 1.29 is 10.2 Å². The summed E-state index contributed by atoms with van der Waals surface area (Å²) >= 11 is 0. The van der Waals surface area contributed by atoms with Gasteiger partial charge in [-0.15, -0.1) is 0 Å². The van der Waals surface area contributed by atoms with Crippen LogP contribution in [0.3, 0.4) is 0 Å². The second-order valence-corrected chi connectivity index (χ2v) is 18.2. The van der Waals surface area contributed by atoms with Crippen LogP contribution in [0.15, 0.2) is 24.3 Å². The van der Waals surface area contributed by atoms with Crippen LogP contribution in [0.5, 0.6) is 11.5 Å². The van der Waals surface area contributed by atoms with Crippen LogP contribution < -0.4 is 11.5 Å². The second-order valence-electron chi connectivity index (χ2n) is 18.2. The minimum Gasteiger partial charge on any atom is -0.505 e. The van der Waals surface area contributed by atoms with Gasteiger partial charge < -0.3 is 21.7 Å². The fourth-order valence-corrected chi connectivity index (χ4v) is 14.0. The molecule has 0 radical (unpaired) electrons. The molecule has 4 atom stereocenters. The molecule has 0 heterocycles. The van der Waals surface area contributed by atoms with Gasteiger partial charge in [-0.2, -0.15) is 0 Å². The first kappa shape index (κ1) is 28.2. The van der Waals surface area contributed by atoms with Gasteiger partial charge in [0, 0.05) is 27.5 Å². The highest BCUT2D eigenvalue weighted by Gasteiger charge is 2.62. The van der Waals surface area contributed by atoms with Gasteiger partial charge >= 0.3 is 0 Å². The zero-order valence-corrected chi connectivity index (χ0v) is 27.0. The number of benzene rings is 2. The standard InChI is InChI=1S/C40H48N2O2/c1-35-13-26-14-36(2,19-35)22-39(17-26,21-35)29-10-9-28(32(42)34(29)44)8-6-5-7-25-11-30(33(43)31(41)12-25)40-18-27-15-37(3,23-40)20-38(4,16-27)24-40/h9-12,26-27,43-44H,13-24,41-42H2,1-4H3. The Balaban J connectivity index is 1.08. The van der Waals surface area contributed by atoms with Crippen LogP contribution in [0.2, 0.25) is 0 Å². The van der Waals surface area contributed by atoms with Crippen molar-refractivity contribution in [3.8, 4) is 35.2 Å². The zero-order valence-electron chi connectivity index (χ0n) is 27.0. The van der Waals surface area contributed by atoms with Crippen LogP contribution in [0, 0.1) is 57.2 Å². The monoisotopic (exact) mass is 588 g/mol. The Bertz CT molecular complexity index is 1700. The molecule has 44 heavy (non-hydrogen) atoms. The summed E-state index contributed by atoms with van der Waals surface area (Å²) in [6, 6.07) is 7.90. The number of nitrogens with two attached hydrogens (primary N) is 2. The zero-order chi connectivity index (χ0) is 30.9. The molecule has 10 rings (SSSR count). The van der Waals surface area contributed by atoms with Gasteiger partial charge in [-0.05, 0) is 141 Å². The summed E-state index contributed by atoms with van der Waals surface area (Å²) in [4.78, 5) is 0. The molecule has 0 aromatic heterocycles. The number of rotatable bonds is 2. The highest BCUT2D eigenvalue weighted by Crippen LogP contribution is 2.72. The number of nitrogen functional groups attached to an aromatic ring is 2. The Kier molecular flexibility index (Phi) is 5.60. The molecule has 230 valence electrons. The third kappa shape index (κ3) is 4.20. The van der Waals surface area contributed by atoms with Gasteiger partial charge in [0.15, 0.2) is 0 Å². The SMILES string of the molecule is CC12CC3CC(C)(C1)CC(c1cc(C#CC#Cc4ccc(C56CC7CC(C)(CC(C)(C7)C5)C6)c(O)c4N)cc(N)c1O)(C3)C2. The predicted octanol–water partition coefficient (Wildman–Crippen LogP) is 8.16. The van der Waals surface area contributed by atoms with Gasteiger partial charge in [0.05, 0.1) is 16.9 Å². The molecule has 4 heteroatoms. The average Bonchev–Trinajstić information content (AvgIpc) is 2.86. The molecule has 2 aromatic rings. The van der Waals surface area contributed by atoms with Gasteiger partial charge in [-0.25, -0.2) is 0 Å². The van der Waals surface area contributed by atoms with Crippen LogP contribution in [0.4, 0.5) is 11.4 Å². The Morgan fingerprint density at radius 1 is 0.614 bits per heavy atom. The van der Waals surface area contributed by atoms with Gasteiger partial charge in [-0.3, -0.25) is 0 Å². The average molecular weight is 589 g/mol. The van der Waals surface area contributed by atoms with Crippen molar-refractivity contribution in [2.75, 3.05) is 11.5 Å². The van der Waals surface area contributed by atoms with E-state index in [-0.39, 0.29) is 22.3 Å². The number of hydrogen-bond donors (Lipinski definition) is 4. The first-order valence-electron chi connectivity index (χ1n) is 16.9. The van der Waals surface area contributed by atoms with E-state index in [0.29, 0.717) is 44.5 Å². The van der Waals surface area contributed by atoms with Crippen LogP contribution in [-0.4, -0.2) is 10.2 Å². The Labute approximate surface area is 263 Å². The van der Waals surface area contributed by atoms with Crippen LogP contribution >= 0.6 is 0 Å². The van der Waals surface area contributed by atoms with E-state index in [1.54, 1.807) is 6.07 Å². The summed E-state index contributed by atoms with van der Waals surface area (Å²) in [6.45, 7) is 9.81. The Morgan fingerprint density at radius 2 is 1.11 bits per heavy atom. The summed E-state index contributed by atoms with van der Waals surface area (Å²) in [5, 5.41) is 22.6. The molecule has 8 aliphatic carbocycles. The van der Waals surface area contributed by atoms with Crippen LogP contribution in [-0.2, 0) is 10.8 Å². The summed E-state index contributed by atoms with van der Waals surface area (Å²) in [6.07, 6.45) is 14.6. The lowest BCUT2D eigenvalue weighted by atomic mass is 9.39. The van der Waals surface area contributed by atoms with Crippen LogP contribution in [0.1, 0.15) is 127 Å². The third-order valence-corrected chi connectivity index (χ3v) is 13.2. The van der Waals surface area contributed by atoms with Crippen molar-refractivity contribution in [1.82, 2.24) is 0 Å². The maximum absolute atomic E-state index is 11.4. The van der Waals surface area contributed by atoms with E-state index in [1.165, 1.54) is 38.5 Å². The smallest absolute Gasteiger partial charge is 0.143 e. The molecule has 8 saturated carbocycles. The lowest BCUT2D eigenvalue weighted by Crippen LogP contribution is -2.56. The number of anilines is 2. The largest absolute Gasteiger partial charge is 0.505 e. The molecule has 4 nitrogen and oxygen atoms in total. The van der Waals surface area contributed by atoms with Crippen molar-refractivity contribution in [1.29, 1.82) is 0 Å². The van der Waals surface area contributed by atoms with Gasteiger partial charge in [0.25, 0.3) is 0 Å². The first-order chi connectivity index (χ1) is 20.6. The van der Waals surface area contributed by atoms with Crippen molar-refractivity contribution in [3.05, 3.63) is 46.5 Å². The van der Waals surface area contributed by atoms with E-state index < -0.39 is 0 Å². The number of phenols is 2. The minimum absolute atomic E-state index is 0.00886. The van der Waals surface area contributed by atoms with Gasteiger partial charge in [0.2, 0.25) is 0 Å². The number of phenolic OH excluding ortho intramolecular Hbond substituents is 2. The van der Waals surface area contributed by atoms with E-state index in [2.05, 4.69) is 63.5 Å². The van der Waals surface area contributed by atoms with E-state index in [1.807, 2.05) is 6.07 Å². The molecule has 8 fully saturated rings. The maximum atomic E-state index is 11.4. The predicted molar refractivity (Wildman–Crippen MR) is 177 cm³/mol. The van der Waals surface area contributed by atoms with Crippen molar-refractivity contribution in [2.24, 2.45) is 33.5 Å². The summed E-state index contributed by atoms with van der Waals surface area (Å²) in [7, 11) is 0. The minimum atomic E-state index is -0.0379. The highest BCUT2D eigenvalue weighted by atomic mass is 16.3. The topological polar surface area (TPSA) is 92.5 Å². The fourth-order valence-electron chi connectivity index (χ4n) is 14.0. The number of aromatic hydroxyl groups is 2. The van der Waals surface area contributed by atoms with Gasteiger partial charge in [0.1, 0.15) is 11.5 Å². The number of hydrogen-bond acceptors (Lipinski definition) is 4. The Morgan fingerprint density at radius 3 is 1.64 bits per heavy atom.